The Kier molecular flexibility index (Phi) is 11.0. The SMILES string of the molecule is CCC(CCCN1CCC(NC(=O)c2ccccc2-c2ccc(Cl)cc2)CC1)(CC(=O)OC(C)C)c1ccccc1. The van der Waals surface area contributed by atoms with Crippen LogP contribution >= 0.6 is 11.6 Å². The number of nitrogens with zero attached hydrogens (tertiary/aromatic N) is 1. The number of rotatable bonds is 12. The van der Waals surface area contributed by atoms with Crippen molar-refractivity contribution >= 4 is 23.5 Å². The minimum Gasteiger partial charge on any atom is -0.463 e. The molecule has 1 saturated heterocycles. The predicted octanol–water partition coefficient (Wildman–Crippen LogP) is 7.67. The average Bonchev–Trinajstić information content (AvgIpc) is 2.98. The van der Waals surface area contributed by atoms with E-state index >= 15 is 0 Å². The van der Waals surface area contributed by atoms with Gasteiger partial charge in [-0.15, -0.1) is 0 Å². The fraction of sp³-hybridized carbons (Fsp3) is 0.429. The molecule has 1 atom stereocenters. The van der Waals surface area contributed by atoms with Crippen LogP contribution in [0.3, 0.4) is 0 Å². The summed E-state index contributed by atoms with van der Waals surface area (Å²) < 4.78 is 5.55. The fourth-order valence-corrected chi connectivity index (χ4v) is 6.11. The standard InChI is InChI=1S/C35H43ClN2O3/c1-4-35(25-33(39)41-26(2)3,28-11-6-5-7-12-28)21-10-22-38-23-19-30(20-24-38)37-34(40)32-14-9-8-13-31(32)27-15-17-29(36)18-16-27/h5-9,11-18,26,30H,4,10,19-25H2,1-3H3,(H,37,40). The molecule has 1 fully saturated rings. The molecule has 0 saturated carbocycles. The van der Waals surface area contributed by atoms with Gasteiger partial charge in [0.15, 0.2) is 0 Å². The molecular formula is C35H43ClN2O3. The quantitative estimate of drug-likeness (QED) is 0.225. The first kappa shape index (κ1) is 30.8. The molecule has 4 rings (SSSR count). The van der Waals surface area contributed by atoms with Crippen LogP contribution in [0.5, 0.6) is 0 Å². The smallest absolute Gasteiger partial charge is 0.306 e. The molecule has 0 aromatic heterocycles. The summed E-state index contributed by atoms with van der Waals surface area (Å²) in [4.78, 5) is 28.5. The Labute approximate surface area is 250 Å². The molecule has 41 heavy (non-hydrogen) atoms. The first-order valence-electron chi connectivity index (χ1n) is 14.9. The number of nitrogens with one attached hydrogen (secondary N) is 1. The summed E-state index contributed by atoms with van der Waals surface area (Å²) in [6.45, 7) is 8.85. The molecule has 3 aromatic carbocycles. The van der Waals surface area contributed by atoms with E-state index in [1.54, 1.807) is 0 Å². The summed E-state index contributed by atoms with van der Waals surface area (Å²) in [5, 5.41) is 3.96. The molecule has 1 N–H and O–H groups in total. The Morgan fingerprint density at radius 3 is 2.29 bits per heavy atom. The van der Waals surface area contributed by atoms with E-state index in [0.29, 0.717) is 17.0 Å². The highest BCUT2D eigenvalue weighted by molar-refractivity contribution is 6.30. The number of carbonyl (C=O) groups excluding carboxylic acids is 2. The zero-order chi connectivity index (χ0) is 29.2. The average molecular weight is 575 g/mol. The molecule has 1 unspecified atom stereocenters. The zero-order valence-corrected chi connectivity index (χ0v) is 25.3. The molecule has 0 radical (unpaired) electrons. The molecule has 1 aliphatic rings. The van der Waals surface area contributed by atoms with Gasteiger partial charge in [0.2, 0.25) is 0 Å². The Balaban J connectivity index is 1.31. The maximum atomic E-state index is 13.3. The van der Waals surface area contributed by atoms with Crippen LogP contribution < -0.4 is 5.32 Å². The number of hydrogen-bond donors (Lipinski definition) is 1. The molecule has 1 aliphatic heterocycles. The van der Waals surface area contributed by atoms with E-state index in [1.807, 2.05) is 68.4 Å². The molecular weight excluding hydrogens is 532 g/mol. The van der Waals surface area contributed by atoms with Crippen molar-refractivity contribution < 1.29 is 14.3 Å². The van der Waals surface area contributed by atoms with Gasteiger partial charge < -0.3 is 15.0 Å². The van der Waals surface area contributed by atoms with Crippen molar-refractivity contribution in [1.29, 1.82) is 0 Å². The molecule has 6 heteroatoms. The Bertz CT molecular complexity index is 1270. The van der Waals surface area contributed by atoms with Crippen molar-refractivity contribution in [2.45, 2.75) is 76.9 Å². The molecule has 1 heterocycles. The number of amides is 1. The topological polar surface area (TPSA) is 58.6 Å². The largest absolute Gasteiger partial charge is 0.463 e. The van der Waals surface area contributed by atoms with Crippen molar-refractivity contribution in [3.05, 3.63) is 95.0 Å². The number of benzene rings is 3. The molecule has 0 aliphatic carbocycles. The third kappa shape index (κ3) is 8.43. The van der Waals surface area contributed by atoms with Gasteiger partial charge in [-0.25, -0.2) is 0 Å². The molecule has 218 valence electrons. The van der Waals surface area contributed by atoms with Crippen LogP contribution in [-0.4, -0.2) is 48.6 Å². The van der Waals surface area contributed by atoms with Crippen molar-refractivity contribution in [3.63, 3.8) is 0 Å². The number of likely N-dealkylation sites (tertiary alicyclic amines) is 1. The highest BCUT2D eigenvalue weighted by Crippen LogP contribution is 2.37. The van der Waals surface area contributed by atoms with Crippen LogP contribution in [0.1, 0.15) is 75.2 Å². The van der Waals surface area contributed by atoms with Gasteiger partial charge in [0, 0.05) is 35.1 Å². The summed E-state index contributed by atoms with van der Waals surface area (Å²) in [7, 11) is 0. The van der Waals surface area contributed by atoms with E-state index in [0.717, 1.165) is 62.9 Å². The lowest BCUT2D eigenvalue weighted by atomic mass is 9.72. The first-order valence-corrected chi connectivity index (χ1v) is 15.3. The number of halogens is 1. The lowest BCUT2D eigenvalue weighted by molar-refractivity contribution is -0.149. The second kappa shape index (κ2) is 14.7. The second-order valence-corrected chi connectivity index (χ2v) is 11.9. The van der Waals surface area contributed by atoms with Gasteiger partial charge >= 0.3 is 5.97 Å². The number of ether oxygens (including phenoxy) is 1. The zero-order valence-electron chi connectivity index (χ0n) is 24.6. The van der Waals surface area contributed by atoms with Gasteiger partial charge in [-0.1, -0.05) is 79.2 Å². The van der Waals surface area contributed by atoms with Gasteiger partial charge in [-0.2, -0.15) is 0 Å². The summed E-state index contributed by atoms with van der Waals surface area (Å²) in [6, 6.07) is 25.9. The van der Waals surface area contributed by atoms with Gasteiger partial charge in [0.25, 0.3) is 5.91 Å². The normalized spacial score (nSPS) is 15.8. The molecule has 5 nitrogen and oxygen atoms in total. The maximum absolute atomic E-state index is 13.3. The first-order chi connectivity index (χ1) is 19.8. The predicted molar refractivity (Wildman–Crippen MR) is 167 cm³/mol. The Morgan fingerprint density at radius 1 is 0.976 bits per heavy atom. The lowest BCUT2D eigenvalue weighted by Gasteiger charge is -2.36. The summed E-state index contributed by atoms with van der Waals surface area (Å²) in [5.41, 5.74) is 3.56. The van der Waals surface area contributed by atoms with Crippen molar-refractivity contribution in [1.82, 2.24) is 10.2 Å². The minimum atomic E-state index is -0.225. The van der Waals surface area contributed by atoms with Gasteiger partial charge in [-0.05, 0) is 87.4 Å². The molecule has 1 amide bonds. The van der Waals surface area contributed by atoms with E-state index in [-0.39, 0.29) is 29.4 Å². The molecule has 0 bridgehead atoms. The maximum Gasteiger partial charge on any atom is 0.306 e. The van der Waals surface area contributed by atoms with E-state index in [9.17, 15) is 9.59 Å². The molecule has 0 spiro atoms. The van der Waals surface area contributed by atoms with Crippen LogP contribution in [0, 0.1) is 0 Å². The Hall–Kier alpha value is -3.15. The van der Waals surface area contributed by atoms with Crippen molar-refractivity contribution in [2.24, 2.45) is 0 Å². The summed E-state index contributed by atoms with van der Waals surface area (Å²) >= 11 is 6.07. The van der Waals surface area contributed by atoms with Crippen LogP contribution in [0.15, 0.2) is 78.9 Å². The van der Waals surface area contributed by atoms with E-state index < -0.39 is 0 Å². The number of esters is 1. The third-order valence-corrected chi connectivity index (χ3v) is 8.54. The number of piperidine rings is 1. The summed E-state index contributed by atoms with van der Waals surface area (Å²) in [6.07, 6.45) is 4.95. The second-order valence-electron chi connectivity index (χ2n) is 11.5. The van der Waals surface area contributed by atoms with Crippen LogP contribution in [-0.2, 0) is 14.9 Å². The highest BCUT2D eigenvalue weighted by atomic mass is 35.5. The van der Waals surface area contributed by atoms with Crippen LogP contribution in [0.25, 0.3) is 11.1 Å². The van der Waals surface area contributed by atoms with Gasteiger partial charge in [-0.3, -0.25) is 9.59 Å². The van der Waals surface area contributed by atoms with E-state index in [1.165, 1.54) is 5.56 Å². The highest BCUT2D eigenvalue weighted by Gasteiger charge is 2.34. The van der Waals surface area contributed by atoms with E-state index in [2.05, 4.69) is 41.4 Å². The van der Waals surface area contributed by atoms with Gasteiger partial charge in [0.1, 0.15) is 0 Å². The van der Waals surface area contributed by atoms with Crippen LogP contribution in [0.2, 0.25) is 5.02 Å². The van der Waals surface area contributed by atoms with E-state index in [4.69, 9.17) is 16.3 Å². The minimum absolute atomic E-state index is 0.0297. The van der Waals surface area contributed by atoms with Crippen LogP contribution in [0.4, 0.5) is 0 Å². The number of carbonyl (C=O) groups is 2. The number of hydrogen-bond acceptors (Lipinski definition) is 4. The lowest BCUT2D eigenvalue weighted by Crippen LogP contribution is -2.45. The molecule has 3 aromatic rings. The summed E-state index contributed by atoms with van der Waals surface area (Å²) in [5.74, 6) is -0.155. The monoisotopic (exact) mass is 574 g/mol. The van der Waals surface area contributed by atoms with Crippen molar-refractivity contribution in [2.75, 3.05) is 19.6 Å². The fourth-order valence-electron chi connectivity index (χ4n) is 5.98. The Morgan fingerprint density at radius 2 is 1.63 bits per heavy atom. The third-order valence-electron chi connectivity index (χ3n) is 8.29. The van der Waals surface area contributed by atoms with Crippen molar-refractivity contribution in [3.8, 4) is 11.1 Å². The van der Waals surface area contributed by atoms with Gasteiger partial charge in [0.05, 0.1) is 12.5 Å².